The normalized spacial score (nSPS) is 56.6. The van der Waals surface area contributed by atoms with Crippen LogP contribution >= 0.6 is 0 Å². The summed E-state index contributed by atoms with van der Waals surface area (Å²) >= 11 is 0. The molecule has 4 heteroatoms. The van der Waals surface area contributed by atoms with Crippen molar-refractivity contribution in [1.82, 2.24) is 0 Å². The maximum absolute atomic E-state index is 11.1. The summed E-state index contributed by atoms with van der Waals surface area (Å²) in [5.74, 6) is 0.0544. The Kier molecular flexibility index (Phi) is 0.741. The first-order valence-electron chi connectivity index (χ1n) is 3.32. The molecule has 0 amide bonds. The summed E-state index contributed by atoms with van der Waals surface area (Å²) in [7, 11) is 0. The molecule has 3 saturated heterocycles. The zero-order chi connectivity index (χ0) is 6.72. The molecular weight excluding hydrogens is 136 g/mol. The number of hydrogen-bond acceptors (Lipinski definition) is 4. The van der Waals surface area contributed by atoms with Crippen LogP contribution in [0.3, 0.4) is 0 Å². The minimum Gasteiger partial charge on any atom is -0.356 e. The SMILES string of the molecule is O=C1[C@H]2CO[C@H](O2)[C@H]2O[C@@H]12. The third kappa shape index (κ3) is 0.460. The molecule has 0 unspecified atom stereocenters. The third-order valence-corrected chi connectivity index (χ3v) is 2.10. The highest BCUT2D eigenvalue weighted by Crippen LogP contribution is 2.38. The van der Waals surface area contributed by atoms with Crippen molar-refractivity contribution in [2.75, 3.05) is 6.61 Å². The molecule has 4 nitrogen and oxygen atoms in total. The van der Waals surface area contributed by atoms with Crippen LogP contribution in [0.15, 0.2) is 0 Å². The van der Waals surface area contributed by atoms with E-state index in [2.05, 4.69) is 0 Å². The highest BCUT2D eigenvalue weighted by molar-refractivity contribution is 5.91. The number of fused-ring (bicyclic) bond motifs is 4. The van der Waals surface area contributed by atoms with Gasteiger partial charge in [0.15, 0.2) is 18.2 Å². The second kappa shape index (κ2) is 1.42. The second-order valence-electron chi connectivity index (χ2n) is 2.75. The van der Waals surface area contributed by atoms with E-state index in [0.29, 0.717) is 6.61 Å². The van der Waals surface area contributed by atoms with Crippen LogP contribution in [0.2, 0.25) is 0 Å². The van der Waals surface area contributed by atoms with Gasteiger partial charge in [0.2, 0.25) is 0 Å². The van der Waals surface area contributed by atoms with Gasteiger partial charge in [-0.2, -0.15) is 0 Å². The Bertz CT molecular complexity index is 202. The van der Waals surface area contributed by atoms with Crippen LogP contribution < -0.4 is 0 Å². The van der Waals surface area contributed by atoms with Crippen molar-refractivity contribution < 1.29 is 19.0 Å². The molecule has 10 heavy (non-hydrogen) atoms. The first kappa shape index (κ1) is 5.23. The predicted molar refractivity (Wildman–Crippen MR) is 28.3 cm³/mol. The largest absolute Gasteiger partial charge is 0.356 e. The number of rotatable bonds is 0. The summed E-state index contributed by atoms with van der Waals surface area (Å²) in [5, 5.41) is 0. The van der Waals surface area contributed by atoms with Gasteiger partial charge in [0.1, 0.15) is 12.2 Å². The van der Waals surface area contributed by atoms with Gasteiger partial charge in [-0.25, -0.2) is 0 Å². The lowest BCUT2D eigenvalue weighted by Gasteiger charge is -2.11. The number of ether oxygens (including phenoxy) is 3. The Balaban J connectivity index is 1.98. The molecule has 0 aromatic carbocycles. The molecule has 0 aliphatic carbocycles. The summed E-state index contributed by atoms with van der Waals surface area (Å²) < 4.78 is 15.3. The van der Waals surface area contributed by atoms with E-state index in [4.69, 9.17) is 14.2 Å². The number of carbonyl (C=O) groups excluding carboxylic acids is 1. The van der Waals surface area contributed by atoms with Crippen LogP contribution in [0.1, 0.15) is 0 Å². The van der Waals surface area contributed by atoms with Crippen LogP contribution in [0.4, 0.5) is 0 Å². The highest BCUT2D eigenvalue weighted by Gasteiger charge is 2.61. The minimum absolute atomic E-state index is 0.0544. The lowest BCUT2D eigenvalue weighted by atomic mass is 10.1. The van der Waals surface area contributed by atoms with Gasteiger partial charge in [0.25, 0.3) is 0 Å². The molecule has 0 saturated carbocycles. The van der Waals surface area contributed by atoms with E-state index in [9.17, 15) is 4.79 Å². The van der Waals surface area contributed by atoms with Crippen LogP contribution in [0.5, 0.6) is 0 Å². The van der Waals surface area contributed by atoms with E-state index in [1.807, 2.05) is 0 Å². The lowest BCUT2D eigenvalue weighted by Crippen LogP contribution is -2.35. The van der Waals surface area contributed by atoms with Crippen molar-refractivity contribution in [1.29, 1.82) is 0 Å². The molecule has 0 radical (unpaired) electrons. The monoisotopic (exact) mass is 142 g/mol. The van der Waals surface area contributed by atoms with Crippen LogP contribution in [0.25, 0.3) is 0 Å². The summed E-state index contributed by atoms with van der Waals surface area (Å²) in [6.07, 6.45) is -0.890. The van der Waals surface area contributed by atoms with E-state index in [1.54, 1.807) is 0 Å². The molecular formula is C6H6O4. The Morgan fingerprint density at radius 3 is 3.20 bits per heavy atom. The molecule has 3 fully saturated rings. The van der Waals surface area contributed by atoms with E-state index in [1.165, 1.54) is 0 Å². The van der Waals surface area contributed by atoms with Gasteiger partial charge in [0.05, 0.1) is 6.61 Å². The predicted octanol–water partition coefficient (Wildman–Crippen LogP) is -0.922. The Labute approximate surface area is 57.0 Å². The van der Waals surface area contributed by atoms with Gasteiger partial charge in [-0.3, -0.25) is 4.79 Å². The van der Waals surface area contributed by atoms with Crippen molar-refractivity contribution >= 4 is 5.78 Å². The second-order valence-corrected chi connectivity index (χ2v) is 2.75. The van der Waals surface area contributed by atoms with Crippen LogP contribution in [-0.2, 0) is 19.0 Å². The van der Waals surface area contributed by atoms with Crippen molar-refractivity contribution in [3.8, 4) is 0 Å². The molecule has 3 rings (SSSR count). The summed E-state index contributed by atoms with van der Waals surface area (Å²) in [6.45, 7) is 0.417. The van der Waals surface area contributed by atoms with Crippen LogP contribution in [0, 0.1) is 0 Å². The molecule has 3 aliphatic heterocycles. The molecule has 3 heterocycles. The van der Waals surface area contributed by atoms with Gasteiger partial charge in [-0.15, -0.1) is 0 Å². The van der Waals surface area contributed by atoms with Gasteiger partial charge < -0.3 is 14.2 Å². The number of epoxide rings is 1. The lowest BCUT2D eigenvalue weighted by molar-refractivity contribution is -0.136. The Morgan fingerprint density at radius 1 is 1.40 bits per heavy atom. The maximum atomic E-state index is 11.1. The fourth-order valence-corrected chi connectivity index (χ4v) is 1.49. The van der Waals surface area contributed by atoms with E-state index in [-0.39, 0.29) is 30.4 Å². The van der Waals surface area contributed by atoms with Gasteiger partial charge in [-0.1, -0.05) is 0 Å². The molecule has 0 N–H and O–H groups in total. The van der Waals surface area contributed by atoms with E-state index in [0.717, 1.165) is 0 Å². The fourth-order valence-electron chi connectivity index (χ4n) is 1.49. The number of hydrogen-bond donors (Lipinski definition) is 0. The quantitative estimate of drug-likeness (QED) is 0.410. The zero-order valence-corrected chi connectivity index (χ0v) is 5.15. The Morgan fingerprint density at radius 2 is 2.30 bits per heavy atom. The Hall–Kier alpha value is -0.450. The summed E-state index contributed by atoms with van der Waals surface area (Å²) in [6, 6.07) is 0. The molecule has 54 valence electrons. The maximum Gasteiger partial charge on any atom is 0.195 e. The average Bonchev–Trinajstić information content (AvgIpc) is 2.61. The van der Waals surface area contributed by atoms with E-state index < -0.39 is 0 Å². The summed E-state index contributed by atoms with van der Waals surface area (Å²) in [5.41, 5.74) is 0. The highest BCUT2D eigenvalue weighted by atomic mass is 16.8. The molecule has 3 aliphatic rings. The fraction of sp³-hybridized carbons (Fsp3) is 0.833. The zero-order valence-electron chi connectivity index (χ0n) is 5.15. The number of Topliss-reactive ketones (excluding diaryl/α,β-unsaturated/α-hetero) is 1. The topological polar surface area (TPSA) is 48.1 Å². The number of ketones is 1. The minimum atomic E-state index is -0.339. The van der Waals surface area contributed by atoms with Gasteiger partial charge in [0, 0.05) is 0 Å². The van der Waals surface area contributed by atoms with Gasteiger partial charge in [-0.05, 0) is 0 Å². The van der Waals surface area contributed by atoms with Crippen molar-refractivity contribution in [3.63, 3.8) is 0 Å². The van der Waals surface area contributed by atoms with Gasteiger partial charge >= 0.3 is 0 Å². The first-order chi connectivity index (χ1) is 4.86. The molecule has 4 atom stereocenters. The molecule has 0 aromatic heterocycles. The molecule has 2 bridgehead atoms. The third-order valence-electron chi connectivity index (χ3n) is 2.10. The van der Waals surface area contributed by atoms with E-state index >= 15 is 0 Å². The molecule has 0 aromatic rings. The van der Waals surface area contributed by atoms with Crippen molar-refractivity contribution in [2.45, 2.75) is 24.6 Å². The van der Waals surface area contributed by atoms with Crippen molar-refractivity contribution in [2.24, 2.45) is 0 Å². The van der Waals surface area contributed by atoms with Crippen LogP contribution in [-0.4, -0.2) is 37.0 Å². The first-order valence-corrected chi connectivity index (χ1v) is 3.32. The average molecular weight is 142 g/mol. The standard InChI is InChI=1S/C6H6O4/c7-3-2-1-8-6(9-2)5-4(3)10-5/h2,4-6H,1H2/t2-,4+,5+,6-/m1/s1. The number of carbonyl (C=O) groups is 1. The smallest absolute Gasteiger partial charge is 0.195 e. The van der Waals surface area contributed by atoms with Crippen molar-refractivity contribution in [3.05, 3.63) is 0 Å². The summed E-state index contributed by atoms with van der Waals surface area (Å²) in [4.78, 5) is 11.1. The molecule has 0 spiro atoms.